The first-order valence-electron chi connectivity index (χ1n) is 10.4. The second kappa shape index (κ2) is 7.02. The summed E-state index contributed by atoms with van der Waals surface area (Å²) in [6.07, 6.45) is 2.33. The van der Waals surface area contributed by atoms with Crippen LogP contribution < -0.4 is 0 Å². The average molecular weight is 401 g/mol. The summed E-state index contributed by atoms with van der Waals surface area (Å²) in [5.74, 6) is -0.750. The van der Waals surface area contributed by atoms with Crippen LogP contribution in [0.15, 0.2) is 60.7 Å². The van der Waals surface area contributed by atoms with Crippen molar-refractivity contribution in [3.8, 4) is 28.0 Å². The normalized spacial score (nSPS) is 16.7. The van der Waals surface area contributed by atoms with E-state index in [2.05, 4.69) is 52.0 Å². The molecule has 0 saturated carbocycles. The van der Waals surface area contributed by atoms with Crippen molar-refractivity contribution in [3.63, 3.8) is 0 Å². The lowest BCUT2D eigenvalue weighted by Gasteiger charge is -2.42. The third-order valence-electron chi connectivity index (χ3n) is 6.57. The summed E-state index contributed by atoms with van der Waals surface area (Å²) >= 11 is 0. The molecule has 1 aliphatic rings. The van der Waals surface area contributed by atoms with Crippen LogP contribution in [0, 0.1) is 0 Å². The fraction of sp³-hybridized carbons (Fsp3) is 0.296. The number of carbonyl (C=O) groups is 1. The van der Waals surface area contributed by atoms with E-state index in [-0.39, 0.29) is 22.1 Å². The van der Waals surface area contributed by atoms with Crippen molar-refractivity contribution in [1.82, 2.24) is 0 Å². The lowest BCUT2D eigenvalue weighted by molar-refractivity contribution is 0.0697. The predicted molar refractivity (Wildman–Crippen MR) is 121 cm³/mol. The average Bonchev–Trinajstić information content (AvgIpc) is 2.71. The third kappa shape index (κ3) is 3.60. The number of phenols is 1. The molecule has 0 heterocycles. The van der Waals surface area contributed by atoms with Crippen molar-refractivity contribution >= 4 is 5.97 Å². The van der Waals surface area contributed by atoms with E-state index >= 15 is 0 Å². The van der Waals surface area contributed by atoms with Crippen LogP contribution in [0.1, 0.15) is 62.0 Å². The molecule has 0 saturated heterocycles. The van der Waals surface area contributed by atoms with Crippen LogP contribution in [0.4, 0.5) is 0 Å². The highest BCUT2D eigenvalue weighted by Gasteiger charge is 2.36. The van der Waals surface area contributed by atoms with Gasteiger partial charge in [-0.15, -0.1) is 0 Å². The maximum Gasteiger partial charge on any atom is 0.335 e. The molecule has 2 N–H and O–H groups in total. The van der Waals surface area contributed by atoms with Gasteiger partial charge in [0.1, 0.15) is 5.75 Å². The number of fused-ring (bicyclic) bond motifs is 1. The third-order valence-corrected chi connectivity index (χ3v) is 6.57. The molecule has 4 rings (SSSR count). The molecule has 0 fully saturated rings. The van der Waals surface area contributed by atoms with E-state index in [1.807, 2.05) is 0 Å². The van der Waals surface area contributed by atoms with Gasteiger partial charge in [0.05, 0.1) is 5.56 Å². The Morgan fingerprint density at radius 1 is 0.700 bits per heavy atom. The Balaban J connectivity index is 1.79. The highest BCUT2D eigenvalue weighted by Crippen LogP contribution is 2.47. The number of aromatic hydroxyl groups is 1. The molecule has 1 aliphatic carbocycles. The van der Waals surface area contributed by atoms with Gasteiger partial charge in [-0.3, -0.25) is 0 Å². The zero-order chi connectivity index (χ0) is 21.7. The number of rotatable bonds is 3. The minimum absolute atomic E-state index is 0.118. The van der Waals surface area contributed by atoms with Crippen molar-refractivity contribution in [1.29, 1.82) is 0 Å². The van der Waals surface area contributed by atoms with Gasteiger partial charge in [0, 0.05) is 0 Å². The Bertz CT molecular complexity index is 1120. The molecule has 0 atom stereocenters. The van der Waals surface area contributed by atoms with Crippen molar-refractivity contribution in [2.24, 2.45) is 0 Å². The number of benzene rings is 3. The van der Waals surface area contributed by atoms with Crippen molar-refractivity contribution in [2.75, 3.05) is 0 Å². The smallest absolute Gasteiger partial charge is 0.335 e. The number of hydrogen-bond donors (Lipinski definition) is 2. The van der Waals surface area contributed by atoms with Crippen LogP contribution in [0.25, 0.3) is 22.3 Å². The van der Waals surface area contributed by atoms with Gasteiger partial charge >= 0.3 is 5.97 Å². The van der Waals surface area contributed by atoms with Gasteiger partial charge < -0.3 is 10.2 Å². The summed E-state index contributed by atoms with van der Waals surface area (Å²) in [6, 6.07) is 19.0. The van der Waals surface area contributed by atoms with Crippen LogP contribution in [0.3, 0.4) is 0 Å². The Morgan fingerprint density at radius 3 is 1.83 bits per heavy atom. The number of phenolic OH excluding ortho intramolecular Hbond substituents is 1. The minimum Gasteiger partial charge on any atom is -0.508 e. The summed E-state index contributed by atoms with van der Waals surface area (Å²) in [5.41, 5.74) is 7.09. The van der Waals surface area contributed by atoms with Gasteiger partial charge in [-0.1, -0.05) is 58.0 Å². The Hall–Kier alpha value is -3.07. The maximum atomic E-state index is 11.1. The van der Waals surface area contributed by atoms with Gasteiger partial charge in [-0.2, -0.15) is 0 Å². The molecule has 0 aliphatic heterocycles. The van der Waals surface area contributed by atoms with Gasteiger partial charge in [-0.25, -0.2) is 4.79 Å². The van der Waals surface area contributed by atoms with E-state index in [0.717, 1.165) is 28.7 Å². The van der Waals surface area contributed by atoms with Crippen LogP contribution in [-0.2, 0) is 10.8 Å². The molecule has 3 aromatic rings. The second-order valence-electron chi connectivity index (χ2n) is 9.68. The molecule has 3 aromatic carbocycles. The Labute approximate surface area is 178 Å². The zero-order valence-corrected chi connectivity index (χ0v) is 18.0. The molecule has 0 amide bonds. The molecule has 3 heteroatoms. The van der Waals surface area contributed by atoms with E-state index in [1.165, 1.54) is 17.5 Å². The molecule has 0 unspecified atom stereocenters. The van der Waals surface area contributed by atoms with E-state index < -0.39 is 5.97 Å². The molecule has 0 spiro atoms. The first-order chi connectivity index (χ1) is 14.1. The fourth-order valence-corrected chi connectivity index (χ4v) is 4.52. The van der Waals surface area contributed by atoms with Crippen LogP contribution >= 0.6 is 0 Å². The summed E-state index contributed by atoms with van der Waals surface area (Å²) in [5, 5.41) is 19.5. The number of aromatic carboxylic acids is 1. The highest BCUT2D eigenvalue weighted by atomic mass is 16.4. The van der Waals surface area contributed by atoms with E-state index in [4.69, 9.17) is 5.11 Å². The molecular weight excluding hydrogens is 372 g/mol. The minimum atomic E-state index is -0.947. The summed E-state index contributed by atoms with van der Waals surface area (Å²) < 4.78 is 0. The maximum absolute atomic E-state index is 11.1. The quantitative estimate of drug-likeness (QED) is 0.510. The zero-order valence-electron chi connectivity index (χ0n) is 18.0. The Morgan fingerprint density at radius 2 is 1.23 bits per heavy atom. The van der Waals surface area contributed by atoms with Crippen molar-refractivity contribution in [3.05, 3.63) is 77.4 Å². The highest BCUT2D eigenvalue weighted by molar-refractivity contribution is 5.88. The van der Waals surface area contributed by atoms with Crippen molar-refractivity contribution < 1.29 is 15.0 Å². The molecule has 3 nitrogen and oxygen atoms in total. The lowest BCUT2D eigenvalue weighted by atomic mass is 9.63. The standard InChI is InChI=1S/C27H28O3/c1-26(2)11-12-27(3,4)24-16-19(9-10-23(24)26)21-13-20(14-22(28)15-21)17-5-7-18(8-6-17)25(29)30/h5-10,13-16,28H,11-12H2,1-4H3,(H,29,30). The summed E-state index contributed by atoms with van der Waals surface area (Å²) in [7, 11) is 0. The van der Waals surface area contributed by atoms with E-state index in [9.17, 15) is 9.90 Å². The molecule has 30 heavy (non-hydrogen) atoms. The van der Waals surface area contributed by atoms with Gasteiger partial charge in [0.25, 0.3) is 0 Å². The van der Waals surface area contributed by atoms with Crippen LogP contribution in [0.2, 0.25) is 0 Å². The van der Waals surface area contributed by atoms with Crippen molar-refractivity contribution in [2.45, 2.75) is 51.4 Å². The summed E-state index contributed by atoms with van der Waals surface area (Å²) in [4.78, 5) is 11.1. The molecule has 154 valence electrons. The molecule has 0 aromatic heterocycles. The number of carboxylic acid groups (broad SMARTS) is 1. The largest absolute Gasteiger partial charge is 0.508 e. The van der Waals surface area contributed by atoms with Gasteiger partial charge in [0.15, 0.2) is 0 Å². The predicted octanol–water partition coefficient (Wildman–Crippen LogP) is 6.77. The van der Waals surface area contributed by atoms with Gasteiger partial charge in [0.2, 0.25) is 0 Å². The van der Waals surface area contributed by atoms with E-state index in [0.29, 0.717) is 0 Å². The first-order valence-corrected chi connectivity index (χ1v) is 10.4. The molecule has 0 bridgehead atoms. The fourth-order valence-electron chi connectivity index (χ4n) is 4.52. The van der Waals surface area contributed by atoms with E-state index in [1.54, 1.807) is 36.4 Å². The molecular formula is C27H28O3. The number of carboxylic acids is 1. The van der Waals surface area contributed by atoms with Gasteiger partial charge in [-0.05, 0) is 87.4 Å². The summed E-state index contributed by atoms with van der Waals surface area (Å²) in [6.45, 7) is 9.24. The topological polar surface area (TPSA) is 57.5 Å². The lowest BCUT2D eigenvalue weighted by Crippen LogP contribution is -2.33. The monoisotopic (exact) mass is 400 g/mol. The number of hydrogen-bond acceptors (Lipinski definition) is 2. The SMILES string of the molecule is CC1(C)CCC(C)(C)c2cc(-c3cc(O)cc(-c4ccc(C(=O)O)cc4)c3)ccc21. The Kier molecular flexibility index (Phi) is 4.73. The molecule has 0 radical (unpaired) electrons. The second-order valence-corrected chi connectivity index (χ2v) is 9.68. The van der Waals surface area contributed by atoms with Crippen LogP contribution in [-0.4, -0.2) is 16.2 Å². The van der Waals surface area contributed by atoms with Crippen LogP contribution in [0.5, 0.6) is 5.75 Å². The first kappa shape index (κ1) is 20.2.